The van der Waals surface area contributed by atoms with Gasteiger partial charge in [0.1, 0.15) is 5.69 Å². The van der Waals surface area contributed by atoms with E-state index in [4.69, 9.17) is 9.47 Å². The third-order valence-corrected chi connectivity index (χ3v) is 5.86. The third-order valence-electron chi connectivity index (χ3n) is 5.86. The summed E-state index contributed by atoms with van der Waals surface area (Å²) in [6.45, 7) is 6.85. The lowest BCUT2D eigenvalue weighted by atomic mass is 9.89. The average Bonchev–Trinajstić information content (AvgIpc) is 3.32. The van der Waals surface area contributed by atoms with Crippen molar-refractivity contribution in [3.8, 4) is 0 Å². The number of hydrogen-bond acceptors (Lipinski definition) is 5. The monoisotopic (exact) mass is 348 g/mol. The lowest BCUT2D eigenvalue weighted by Gasteiger charge is -2.38. The van der Waals surface area contributed by atoms with E-state index in [0.29, 0.717) is 30.9 Å². The molecule has 1 aromatic rings. The van der Waals surface area contributed by atoms with Crippen LogP contribution < -0.4 is 5.32 Å². The summed E-state index contributed by atoms with van der Waals surface area (Å²) in [4.78, 5) is 14.7. The molecule has 4 heterocycles. The number of nitrogens with one attached hydrogen (secondary N) is 1. The number of amides is 1. The van der Waals surface area contributed by atoms with Crippen molar-refractivity contribution in [3.05, 3.63) is 18.0 Å². The first-order valence-electron chi connectivity index (χ1n) is 9.49. The Morgan fingerprint density at radius 3 is 2.72 bits per heavy atom. The highest BCUT2D eigenvalue weighted by atomic mass is 16.7. The second-order valence-corrected chi connectivity index (χ2v) is 7.46. The molecule has 3 fully saturated rings. The largest absolute Gasteiger partial charge is 0.348 e. The van der Waals surface area contributed by atoms with E-state index in [2.05, 4.69) is 10.4 Å². The Morgan fingerprint density at radius 1 is 1.28 bits per heavy atom. The van der Waals surface area contributed by atoms with Gasteiger partial charge in [-0.05, 0) is 45.2 Å². The maximum absolute atomic E-state index is 12.8. The summed E-state index contributed by atoms with van der Waals surface area (Å²) in [5, 5.41) is 7.95. The van der Waals surface area contributed by atoms with Crippen LogP contribution in [0.2, 0.25) is 0 Å². The Hall–Kier alpha value is -1.44. The van der Waals surface area contributed by atoms with Crippen molar-refractivity contribution in [2.75, 3.05) is 39.4 Å². The van der Waals surface area contributed by atoms with Crippen molar-refractivity contribution >= 4 is 5.91 Å². The second-order valence-electron chi connectivity index (χ2n) is 7.46. The molecule has 0 spiro atoms. The van der Waals surface area contributed by atoms with Crippen LogP contribution in [0.15, 0.2) is 12.3 Å². The van der Waals surface area contributed by atoms with Crippen LogP contribution in [0.25, 0.3) is 0 Å². The predicted molar refractivity (Wildman–Crippen MR) is 92.3 cm³/mol. The minimum absolute atomic E-state index is 0.0411. The first kappa shape index (κ1) is 17.0. The van der Waals surface area contributed by atoms with Gasteiger partial charge in [-0.15, -0.1) is 0 Å². The topological polar surface area (TPSA) is 68.6 Å². The number of hydrogen-bond donors (Lipinski definition) is 1. The standard InChI is InChI=1S/C18H28N4O3/c1-18(24-11-12-25-18)14-4-8-21(9-5-14)17(23)16-6-10-22(20-16)15-3-2-7-19-13-15/h6,10,14-15,19H,2-5,7-9,11-13H2,1H3. The molecule has 7 nitrogen and oxygen atoms in total. The van der Waals surface area contributed by atoms with Crippen LogP contribution in [0.1, 0.15) is 49.1 Å². The molecule has 1 N–H and O–H groups in total. The van der Waals surface area contributed by atoms with Gasteiger partial charge in [-0.2, -0.15) is 5.10 Å². The van der Waals surface area contributed by atoms with Gasteiger partial charge in [-0.25, -0.2) is 0 Å². The number of rotatable bonds is 3. The predicted octanol–water partition coefficient (Wildman–Crippen LogP) is 1.42. The fraction of sp³-hybridized carbons (Fsp3) is 0.778. The molecule has 0 aromatic carbocycles. The van der Waals surface area contributed by atoms with Gasteiger partial charge >= 0.3 is 0 Å². The number of carbonyl (C=O) groups excluding carboxylic acids is 1. The first-order valence-corrected chi connectivity index (χ1v) is 9.49. The summed E-state index contributed by atoms with van der Waals surface area (Å²) >= 11 is 0. The molecule has 3 aliphatic rings. The van der Waals surface area contributed by atoms with Crippen molar-refractivity contribution in [2.24, 2.45) is 5.92 Å². The van der Waals surface area contributed by atoms with E-state index in [-0.39, 0.29) is 5.91 Å². The smallest absolute Gasteiger partial charge is 0.274 e. The normalized spacial score (nSPS) is 27.6. The number of aromatic nitrogens is 2. The lowest BCUT2D eigenvalue weighted by Crippen LogP contribution is -2.46. The molecule has 138 valence electrons. The molecule has 1 aromatic heterocycles. The van der Waals surface area contributed by atoms with E-state index in [0.717, 1.165) is 51.9 Å². The van der Waals surface area contributed by atoms with Crippen LogP contribution in [0.3, 0.4) is 0 Å². The van der Waals surface area contributed by atoms with E-state index in [1.54, 1.807) is 0 Å². The van der Waals surface area contributed by atoms with Crippen molar-refractivity contribution in [2.45, 2.75) is 44.4 Å². The van der Waals surface area contributed by atoms with Gasteiger partial charge in [0.05, 0.1) is 19.3 Å². The maximum atomic E-state index is 12.8. The van der Waals surface area contributed by atoms with E-state index < -0.39 is 5.79 Å². The molecule has 4 rings (SSSR count). The zero-order chi connectivity index (χ0) is 17.3. The lowest BCUT2D eigenvalue weighted by molar-refractivity contribution is -0.189. The Balaban J connectivity index is 1.35. The van der Waals surface area contributed by atoms with Crippen molar-refractivity contribution in [3.63, 3.8) is 0 Å². The summed E-state index contributed by atoms with van der Waals surface area (Å²) < 4.78 is 13.5. The number of carbonyl (C=O) groups is 1. The van der Waals surface area contributed by atoms with Crippen molar-refractivity contribution < 1.29 is 14.3 Å². The first-order chi connectivity index (χ1) is 12.2. The average molecular weight is 348 g/mol. The van der Waals surface area contributed by atoms with Gasteiger partial charge in [-0.1, -0.05) is 0 Å². The number of likely N-dealkylation sites (tertiary alicyclic amines) is 1. The fourth-order valence-corrected chi connectivity index (χ4v) is 4.25. The van der Waals surface area contributed by atoms with E-state index in [1.165, 1.54) is 0 Å². The molecular formula is C18H28N4O3. The molecule has 1 unspecified atom stereocenters. The molecule has 3 aliphatic heterocycles. The van der Waals surface area contributed by atoms with Crippen LogP contribution in [0, 0.1) is 5.92 Å². The summed E-state index contributed by atoms with van der Waals surface area (Å²) in [5.41, 5.74) is 0.559. The van der Waals surface area contributed by atoms with Crippen molar-refractivity contribution in [1.29, 1.82) is 0 Å². The van der Waals surface area contributed by atoms with Gasteiger partial charge in [0, 0.05) is 31.7 Å². The molecule has 25 heavy (non-hydrogen) atoms. The molecule has 0 bridgehead atoms. The Labute approximate surface area is 148 Å². The number of piperidine rings is 2. The van der Waals surface area contributed by atoms with E-state index >= 15 is 0 Å². The molecule has 1 atom stereocenters. The van der Waals surface area contributed by atoms with Crippen LogP contribution in [-0.2, 0) is 9.47 Å². The second kappa shape index (κ2) is 7.05. The molecule has 0 radical (unpaired) electrons. The van der Waals surface area contributed by atoms with Crippen molar-refractivity contribution in [1.82, 2.24) is 20.0 Å². The Kier molecular flexibility index (Phi) is 4.80. The highest BCUT2D eigenvalue weighted by molar-refractivity contribution is 5.92. The van der Waals surface area contributed by atoms with E-state index in [1.807, 2.05) is 28.8 Å². The quantitative estimate of drug-likeness (QED) is 0.895. The highest BCUT2D eigenvalue weighted by Crippen LogP contribution is 2.35. The molecule has 0 saturated carbocycles. The Morgan fingerprint density at radius 2 is 2.04 bits per heavy atom. The van der Waals surface area contributed by atoms with Crippen LogP contribution in [-0.4, -0.2) is 65.8 Å². The zero-order valence-corrected chi connectivity index (χ0v) is 14.9. The number of ether oxygens (including phenoxy) is 2. The molecule has 0 aliphatic carbocycles. The molecule has 3 saturated heterocycles. The number of nitrogens with zero attached hydrogens (tertiary/aromatic N) is 3. The van der Waals surface area contributed by atoms with E-state index in [9.17, 15) is 4.79 Å². The minimum atomic E-state index is -0.468. The SMILES string of the molecule is CC1(C2CCN(C(=O)c3ccn(C4CCCNC4)n3)CC2)OCCO1. The zero-order valence-electron chi connectivity index (χ0n) is 14.9. The van der Waals surface area contributed by atoms with Gasteiger partial charge in [0.15, 0.2) is 5.79 Å². The minimum Gasteiger partial charge on any atom is -0.348 e. The third kappa shape index (κ3) is 3.45. The maximum Gasteiger partial charge on any atom is 0.274 e. The summed E-state index contributed by atoms with van der Waals surface area (Å²) in [5.74, 6) is -0.0747. The fourth-order valence-electron chi connectivity index (χ4n) is 4.25. The summed E-state index contributed by atoms with van der Waals surface area (Å²) in [6.07, 6.45) is 6.04. The molecular weight excluding hydrogens is 320 g/mol. The van der Waals surface area contributed by atoms with Gasteiger partial charge in [0.25, 0.3) is 5.91 Å². The summed E-state index contributed by atoms with van der Waals surface area (Å²) in [7, 11) is 0. The van der Waals surface area contributed by atoms with Gasteiger partial charge in [-0.3, -0.25) is 9.48 Å². The van der Waals surface area contributed by atoms with Gasteiger partial charge in [0.2, 0.25) is 0 Å². The van der Waals surface area contributed by atoms with Crippen LogP contribution >= 0.6 is 0 Å². The van der Waals surface area contributed by atoms with Crippen LogP contribution in [0.5, 0.6) is 0 Å². The molecule has 7 heteroatoms. The molecule has 1 amide bonds. The van der Waals surface area contributed by atoms with Gasteiger partial charge < -0.3 is 19.7 Å². The van der Waals surface area contributed by atoms with Crippen LogP contribution in [0.4, 0.5) is 0 Å². The highest BCUT2D eigenvalue weighted by Gasteiger charge is 2.42. The Bertz CT molecular complexity index is 597. The summed E-state index contributed by atoms with van der Waals surface area (Å²) in [6, 6.07) is 2.21.